The van der Waals surface area contributed by atoms with Gasteiger partial charge in [0.25, 0.3) is 0 Å². The van der Waals surface area contributed by atoms with Gasteiger partial charge in [-0.05, 0) is 36.6 Å². The molecule has 2 aromatic rings. The molecular weight excluding hydrogens is 404 g/mol. The van der Waals surface area contributed by atoms with E-state index in [2.05, 4.69) is 52.5 Å². The molecule has 2 aliphatic rings. The van der Waals surface area contributed by atoms with E-state index in [9.17, 15) is 9.59 Å². The van der Waals surface area contributed by atoms with E-state index >= 15 is 0 Å². The normalized spacial score (nSPS) is 19.4. The Balaban J connectivity index is 1.54. The Bertz CT molecular complexity index is 1030. The summed E-state index contributed by atoms with van der Waals surface area (Å²) in [5.74, 6) is -0.435. The molecule has 1 atom stereocenters. The van der Waals surface area contributed by atoms with Crippen LogP contribution in [0.25, 0.3) is 0 Å². The first-order chi connectivity index (χ1) is 15.5. The lowest BCUT2D eigenvalue weighted by Crippen LogP contribution is -2.51. The third-order valence-corrected chi connectivity index (χ3v) is 6.36. The first kappa shape index (κ1) is 21.9. The molecule has 7 heteroatoms. The largest absolute Gasteiger partial charge is 0.466 e. The van der Waals surface area contributed by atoms with Crippen molar-refractivity contribution < 1.29 is 14.3 Å². The summed E-state index contributed by atoms with van der Waals surface area (Å²) < 4.78 is 5.08. The van der Waals surface area contributed by atoms with Gasteiger partial charge in [0, 0.05) is 44.1 Å². The Morgan fingerprint density at radius 2 is 1.75 bits per heavy atom. The van der Waals surface area contributed by atoms with Crippen LogP contribution >= 0.6 is 0 Å². The molecule has 2 heterocycles. The number of hydrogen-bond donors (Lipinski definition) is 2. The maximum absolute atomic E-state index is 12.7. The zero-order chi connectivity index (χ0) is 22.7. The Hall–Kier alpha value is -3.32. The van der Waals surface area contributed by atoms with Gasteiger partial charge in [0.1, 0.15) is 0 Å². The average Bonchev–Trinajstić information content (AvgIpc) is 2.81. The van der Waals surface area contributed by atoms with Crippen molar-refractivity contribution in [3.8, 4) is 0 Å². The predicted octanol–water partition coefficient (Wildman–Crippen LogP) is 2.91. The number of amides is 2. The van der Waals surface area contributed by atoms with Gasteiger partial charge < -0.3 is 20.3 Å². The van der Waals surface area contributed by atoms with Gasteiger partial charge in [0.05, 0.1) is 18.7 Å². The molecule has 0 unspecified atom stereocenters. The van der Waals surface area contributed by atoms with Gasteiger partial charge in [-0.3, -0.25) is 4.90 Å². The van der Waals surface area contributed by atoms with Crippen LogP contribution in [0.1, 0.15) is 22.7 Å². The van der Waals surface area contributed by atoms with Crippen LogP contribution < -0.4 is 15.5 Å². The topological polar surface area (TPSA) is 73.9 Å². The van der Waals surface area contributed by atoms with Crippen LogP contribution in [0.2, 0.25) is 0 Å². The van der Waals surface area contributed by atoms with Crippen LogP contribution in [0.3, 0.4) is 0 Å². The van der Waals surface area contributed by atoms with Crippen LogP contribution in [0.4, 0.5) is 10.5 Å². The molecule has 2 N–H and O–H groups in total. The van der Waals surface area contributed by atoms with E-state index in [1.54, 1.807) is 0 Å². The van der Waals surface area contributed by atoms with E-state index < -0.39 is 12.0 Å². The number of nitrogens with zero attached hydrogens (tertiary/aromatic N) is 2. The van der Waals surface area contributed by atoms with E-state index in [1.165, 1.54) is 23.9 Å². The van der Waals surface area contributed by atoms with Crippen molar-refractivity contribution in [1.29, 1.82) is 0 Å². The summed E-state index contributed by atoms with van der Waals surface area (Å²) in [6.07, 6.45) is 0. The van der Waals surface area contributed by atoms with Crippen molar-refractivity contribution in [2.24, 2.45) is 0 Å². The molecule has 4 rings (SSSR count). The van der Waals surface area contributed by atoms with E-state index in [1.807, 2.05) is 30.3 Å². The maximum atomic E-state index is 12.7. The Labute approximate surface area is 189 Å². The summed E-state index contributed by atoms with van der Waals surface area (Å²) in [6.45, 7) is 8.24. The highest BCUT2D eigenvalue weighted by molar-refractivity contribution is 5.95. The van der Waals surface area contributed by atoms with Crippen molar-refractivity contribution in [3.63, 3.8) is 0 Å². The predicted molar refractivity (Wildman–Crippen MR) is 124 cm³/mol. The standard InChI is InChI=1S/C25H30N4O3/c1-17-8-7-11-21(18(17)2)29-14-12-28(13-15-29)16-20-22(24(30)32-3)23(27-25(31)26-20)19-9-5-4-6-10-19/h4-11,23H,12-16H2,1-3H3,(H2,26,27,31)/t23-/m1/s1. The van der Waals surface area contributed by atoms with Gasteiger partial charge in [0.15, 0.2) is 0 Å². The lowest BCUT2D eigenvalue weighted by Gasteiger charge is -2.38. The number of rotatable bonds is 5. The number of benzene rings is 2. The second-order valence-corrected chi connectivity index (χ2v) is 8.31. The van der Waals surface area contributed by atoms with E-state index in [0.717, 1.165) is 31.7 Å². The molecule has 2 amide bonds. The van der Waals surface area contributed by atoms with Crippen LogP contribution in [0.5, 0.6) is 0 Å². The highest BCUT2D eigenvalue weighted by Gasteiger charge is 2.34. The van der Waals surface area contributed by atoms with Crippen LogP contribution in [0.15, 0.2) is 59.8 Å². The average molecular weight is 435 g/mol. The van der Waals surface area contributed by atoms with Gasteiger partial charge >= 0.3 is 12.0 Å². The quantitative estimate of drug-likeness (QED) is 0.708. The number of carbonyl (C=O) groups is 2. The molecule has 0 radical (unpaired) electrons. The van der Waals surface area contributed by atoms with Crippen LogP contribution in [-0.2, 0) is 9.53 Å². The number of urea groups is 1. The molecule has 2 aromatic carbocycles. The van der Waals surface area contributed by atoms with Crippen molar-refractivity contribution >= 4 is 17.7 Å². The highest BCUT2D eigenvalue weighted by Crippen LogP contribution is 2.29. The van der Waals surface area contributed by atoms with Gasteiger partial charge in [-0.15, -0.1) is 0 Å². The molecule has 0 spiro atoms. The molecule has 7 nitrogen and oxygen atoms in total. The molecule has 1 saturated heterocycles. The van der Waals surface area contributed by atoms with Crippen LogP contribution in [0, 0.1) is 13.8 Å². The van der Waals surface area contributed by atoms with Gasteiger partial charge in [-0.2, -0.15) is 0 Å². The summed E-state index contributed by atoms with van der Waals surface area (Å²) in [5.41, 5.74) is 5.79. The Morgan fingerprint density at radius 3 is 2.44 bits per heavy atom. The molecule has 1 fully saturated rings. The smallest absolute Gasteiger partial charge is 0.338 e. The number of esters is 1. The number of methoxy groups -OCH3 is 1. The summed E-state index contributed by atoms with van der Waals surface area (Å²) in [5, 5.41) is 5.73. The number of nitrogens with one attached hydrogen (secondary N) is 2. The monoisotopic (exact) mass is 434 g/mol. The summed E-state index contributed by atoms with van der Waals surface area (Å²) in [6, 6.07) is 15.1. The lowest BCUT2D eigenvalue weighted by molar-refractivity contribution is -0.136. The SMILES string of the molecule is COC(=O)C1=C(CN2CCN(c3cccc(C)c3C)CC2)NC(=O)N[C@@H]1c1ccccc1. The number of carbonyl (C=O) groups excluding carboxylic acids is 2. The van der Waals surface area contributed by atoms with Gasteiger partial charge in [-0.25, -0.2) is 9.59 Å². The van der Waals surface area contributed by atoms with Crippen molar-refractivity contribution in [1.82, 2.24) is 15.5 Å². The summed E-state index contributed by atoms with van der Waals surface area (Å²) in [4.78, 5) is 29.8. The highest BCUT2D eigenvalue weighted by atomic mass is 16.5. The third kappa shape index (κ3) is 4.48. The summed E-state index contributed by atoms with van der Waals surface area (Å²) in [7, 11) is 1.37. The fourth-order valence-electron chi connectivity index (χ4n) is 4.44. The van der Waals surface area contributed by atoms with Crippen molar-refractivity contribution in [2.75, 3.05) is 44.7 Å². The number of anilines is 1. The summed E-state index contributed by atoms with van der Waals surface area (Å²) >= 11 is 0. The molecule has 0 bridgehead atoms. The van der Waals surface area contributed by atoms with Gasteiger partial charge in [-0.1, -0.05) is 42.5 Å². The number of piperazine rings is 1. The number of hydrogen-bond acceptors (Lipinski definition) is 5. The molecular formula is C25H30N4O3. The van der Waals surface area contributed by atoms with E-state index in [-0.39, 0.29) is 6.03 Å². The molecule has 32 heavy (non-hydrogen) atoms. The first-order valence-corrected chi connectivity index (χ1v) is 10.9. The molecule has 0 aromatic heterocycles. The Morgan fingerprint density at radius 1 is 1.03 bits per heavy atom. The molecule has 168 valence electrons. The molecule has 0 saturated carbocycles. The minimum absolute atomic E-state index is 0.310. The van der Waals surface area contributed by atoms with E-state index in [4.69, 9.17) is 4.74 Å². The third-order valence-electron chi connectivity index (χ3n) is 6.36. The van der Waals surface area contributed by atoms with Crippen molar-refractivity contribution in [3.05, 3.63) is 76.5 Å². The maximum Gasteiger partial charge on any atom is 0.338 e. The number of aryl methyl sites for hydroxylation is 1. The zero-order valence-electron chi connectivity index (χ0n) is 18.9. The first-order valence-electron chi connectivity index (χ1n) is 10.9. The lowest BCUT2D eigenvalue weighted by atomic mass is 9.95. The fraction of sp³-hybridized carbons (Fsp3) is 0.360. The van der Waals surface area contributed by atoms with Crippen LogP contribution in [-0.4, -0.2) is 56.7 Å². The minimum atomic E-state index is -0.538. The fourth-order valence-corrected chi connectivity index (χ4v) is 4.44. The second-order valence-electron chi connectivity index (χ2n) is 8.31. The van der Waals surface area contributed by atoms with Crippen molar-refractivity contribution in [2.45, 2.75) is 19.9 Å². The number of ether oxygens (including phenoxy) is 1. The Kier molecular flexibility index (Phi) is 6.46. The molecule has 2 aliphatic heterocycles. The van der Waals surface area contributed by atoms with E-state index in [0.29, 0.717) is 17.8 Å². The molecule has 0 aliphatic carbocycles. The van der Waals surface area contributed by atoms with Gasteiger partial charge in [0.2, 0.25) is 0 Å². The minimum Gasteiger partial charge on any atom is -0.466 e. The second kappa shape index (κ2) is 9.44. The zero-order valence-corrected chi connectivity index (χ0v) is 18.9.